The summed E-state index contributed by atoms with van der Waals surface area (Å²) in [6.07, 6.45) is 1.54. The molecule has 0 aromatic heterocycles. The predicted molar refractivity (Wildman–Crippen MR) is 101 cm³/mol. The summed E-state index contributed by atoms with van der Waals surface area (Å²) in [7, 11) is 0.363. The van der Waals surface area contributed by atoms with Gasteiger partial charge in [0.2, 0.25) is 0 Å². The Morgan fingerprint density at radius 3 is 2.48 bits per heavy atom. The van der Waals surface area contributed by atoms with Crippen LogP contribution < -0.4 is 5.32 Å². The first-order valence-corrected chi connectivity index (χ1v) is 11.8. The molecule has 1 N–H and O–H groups in total. The minimum atomic E-state index is -1.67. The number of nitrogens with one attached hydrogen (secondary N) is 1. The van der Waals surface area contributed by atoms with Crippen molar-refractivity contribution >= 4 is 8.32 Å². The van der Waals surface area contributed by atoms with Crippen LogP contribution in [-0.4, -0.2) is 46.0 Å². The second-order valence-electron chi connectivity index (χ2n) is 8.27. The first kappa shape index (κ1) is 18.7. The fourth-order valence-corrected chi connectivity index (χ4v) is 4.43. The van der Waals surface area contributed by atoms with E-state index in [1.165, 1.54) is 5.56 Å². The molecule has 3 nitrogen and oxygen atoms in total. The molecule has 0 spiro atoms. The molecule has 1 saturated heterocycles. The Balaban J connectivity index is 2.03. The predicted octanol–water partition coefficient (Wildman–Crippen LogP) is 4.04. The number of hydrogen-bond acceptors (Lipinski definition) is 3. The van der Waals surface area contributed by atoms with Gasteiger partial charge in [0, 0.05) is 25.7 Å². The van der Waals surface area contributed by atoms with Gasteiger partial charge in [0.1, 0.15) is 0 Å². The highest BCUT2D eigenvalue weighted by atomic mass is 28.4. The minimum absolute atomic E-state index is 0.282. The number of likely N-dealkylation sites (N-methyl/N-ethyl adjacent to an activating group) is 1. The van der Waals surface area contributed by atoms with Gasteiger partial charge in [0.05, 0.1) is 6.10 Å². The lowest BCUT2D eigenvalue weighted by molar-refractivity contribution is 0.163. The van der Waals surface area contributed by atoms with Crippen molar-refractivity contribution in [2.45, 2.75) is 57.5 Å². The van der Waals surface area contributed by atoms with E-state index in [0.29, 0.717) is 12.1 Å². The van der Waals surface area contributed by atoms with Gasteiger partial charge < -0.3 is 9.74 Å². The Bertz CT molecular complexity index is 484. The van der Waals surface area contributed by atoms with Gasteiger partial charge in [-0.25, -0.2) is 0 Å². The molecule has 4 heteroatoms. The van der Waals surface area contributed by atoms with Gasteiger partial charge in [-0.1, -0.05) is 51.1 Å². The van der Waals surface area contributed by atoms with Crippen molar-refractivity contribution in [2.24, 2.45) is 0 Å². The third-order valence-electron chi connectivity index (χ3n) is 5.47. The lowest BCUT2D eigenvalue weighted by atomic mass is 10.1. The normalized spacial score (nSPS) is 21.6. The summed E-state index contributed by atoms with van der Waals surface area (Å²) in [6, 6.07) is 11.3. The van der Waals surface area contributed by atoms with Crippen LogP contribution in [0.1, 0.15) is 38.8 Å². The van der Waals surface area contributed by atoms with Crippen LogP contribution in [0.5, 0.6) is 0 Å². The summed E-state index contributed by atoms with van der Waals surface area (Å²) in [5.41, 5.74) is 1.40. The van der Waals surface area contributed by atoms with Gasteiger partial charge in [-0.2, -0.15) is 0 Å². The average molecular weight is 335 g/mol. The second-order valence-corrected chi connectivity index (χ2v) is 13.0. The molecular formula is C19H34N2OSi. The van der Waals surface area contributed by atoms with Crippen LogP contribution in [0.2, 0.25) is 18.1 Å². The lowest BCUT2D eigenvalue weighted by Crippen LogP contribution is -2.45. The van der Waals surface area contributed by atoms with Crippen LogP contribution in [0.15, 0.2) is 30.3 Å². The lowest BCUT2D eigenvalue weighted by Gasteiger charge is -2.38. The molecule has 0 aliphatic carbocycles. The van der Waals surface area contributed by atoms with Crippen molar-refractivity contribution in [1.29, 1.82) is 0 Å². The zero-order valence-electron chi connectivity index (χ0n) is 15.7. The zero-order chi connectivity index (χ0) is 17.1. The van der Waals surface area contributed by atoms with Gasteiger partial charge >= 0.3 is 0 Å². The molecule has 0 bridgehead atoms. The molecule has 1 aromatic carbocycles. The highest BCUT2D eigenvalue weighted by molar-refractivity contribution is 6.74. The van der Waals surface area contributed by atoms with Crippen LogP contribution in [0, 0.1) is 0 Å². The Morgan fingerprint density at radius 1 is 1.26 bits per heavy atom. The monoisotopic (exact) mass is 334 g/mol. The molecule has 2 atom stereocenters. The van der Waals surface area contributed by atoms with E-state index in [1.54, 1.807) is 0 Å². The Hall–Kier alpha value is -0.683. The molecule has 2 rings (SSSR count). The van der Waals surface area contributed by atoms with Crippen LogP contribution in [-0.2, 0) is 4.43 Å². The average Bonchev–Trinajstić information content (AvgIpc) is 2.92. The third kappa shape index (κ3) is 4.66. The molecule has 1 aliphatic heterocycles. The van der Waals surface area contributed by atoms with Gasteiger partial charge in [-0.05, 0) is 37.2 Å². The minimum Gasteiger partial charge on any atom is -0.413 e. The second kappa shape index (κ2) is 7.47. The highest BCUT2D eigenvalue weighted by Crippen LogP contribution is 2.38. The summed E-state index contributed by atoms with van der Waals surface area (Å²) >= 11 is 0. The molecule has 1 heterocycles. The Morgan fingerprint density at radius 2 is 1.91 bits per heavy atom. The van der Waals surface area contributed by atoms with Crippen molar-refractivity contribution < 1.29 is 4.43 Å². The summed E-state index contributed by atoms with van der Waals surface area (Å²) in [5.74, 6) is 0. The van der Waals surface area contributed by atoms with Crippen molar-refractivity contribution in [3.8, 4) is 0 Å². The zero-order valence-corrected chi connectivity index (χ0v) is 16.7. The molecule has 1 aromatic rings. The van der Waals surface area contributed by atoms with Gasteiger partial charge in [0.15, 0.2) is 8.32 Å². The smallest absolute Gasteiger partial charge is 0.192 e. The van der Waals surface area contributed by atoms with E-state index in [-0.39, 0.29) is 5.04 Å². The molecule has 0 unspecified atom stereocenters. The van der Waals surface area contributed by atoms with E-state index in [4.69, 9.17) is 4.43 Å². The van der Waals surface area contributed by atoms with Gasteiger partial charge in [-0.15, -0.1) is 0 Å². The van der Waals surface area contributed by atoms with Crippen LogP contribution in [0.4, 0.5) is 0 Å². The first-order valence-electron chi connectivity index (χ1n) is 8.86. The van der Waals surface area contributed by atoms with E-state index < -0.39 is 8.32 Å². The molecule has 23 heavy (non-hydrogen) atoms. The van der Waals surface area contributed by atoms with E-state index in [0.717, 1.165) is 26.1 Å². The maximum atomic E-state index is 6.63. The number of likely N-dealkylation sites (tertiary alicyclic amines) is 1. The fourth-order valence-electron chi connectivity index (χ4n) is 3.05. The first-order chi connectivity index (χ1) is 10.7. The van der Waals surface area contributed by atoms with Gasteiger partial charge in [-0.3, -0.25) is 4.90 Å². The summed E-state index contributed by atoms with van der Waals surface area (Å²) < 4.78 is 6.63. The summed E-state index contributed by atoms with van der Waals surface area (Å²) in [4.78, 5) is 2.59. The molecule has 130 valence electrons. The van der Waals surface area contributed by atoms with Gasteiger partial charge in [0.25, 0.3) is 0 Å². The van der Waals surface area contributed by atoms with Crippen molar-refractivity contribution in [3.63, 3.8) is 0 Å². The van der Waals surface area contributed by atoms with E-state index in [1.807, 2.05) is 7.05 Å². The highest BCUT2D eigenvalue weighted by Gasteiger charge is 2.41. The SMILES string of the molecule is CNC[C@@H](c1ccccc1)N1CC[C@H](O[Si](C)(C)C(C)(C)C)C1. The van der Waals surface area contributed by atoms with E-state index >= 15 is 0 Å². The fraction of sp³-hybridized carbons (Fsp3) is 0.684. The molecule has 0 saturated carbocycles. The van der Waals surface area contributed by atoms with E-state index in [9.17, 15) is 0 Å². The van der Waals surface area contributed by atoms with Crippen LogP contribution in [0.25, 0.3) is 0 Å². The standard InChI is InChI=1S/C19H34N2OSi/c1-19(2,3)23(5,6)22-17-12-13-21(15-17)18(14-20-4)16-10-8-7-9-11-16/h7-11,17-18,20H,12-15H2,1-6H3/t17-,18-/m0/s1. The molecule has 0 amide bonds. The van der Waals surface area contributed by atoms with Crippen molar-refractivity contribution in [3.05, 3.63) is 35.9 Å². The Kier molecular flexibility index (Phi) is 6.06. The molecule has 1 aliphatic rings. The van der Waals surface area contributed by atoms with Crippen LogP contribution >= 0.6 is 0 Å². The summed E-state index contributed by atoms with van der Waals surface area (Å²) in [5, 5.41) is 3.64. The maximum absolute atomic E-state index is 6.63. The summed E-state index contributed by atoms with van der Waals surface area (Å²) in [6.45, 7) is 14.8. The largest absolute Gasteiger partial charge is 0.413 e. The quantitative estimate of drug-likeness (QED) is 0.795. The number of rotatable bonds is 6. The Labute approximate surface area is 143 Å². The molecule has 0 radical (unpaired) electrons. The maximum Gasteiger partial charge on any atom is 0.192 e. The van der Waals surface area contributed by atoms with Crippen molar-refractivity contribution in [1.82, 2.24) is 10.2 Å². The number of benzene rings is 1. The molecule has 1 fully saturated rings. The topological polar surface area (TPSA) is 24.5 Å². The number of hydrogen-bond donors (Lipinski definition) is 1. The van der Waals surface area contributed by atoms with Crippen molar-refractivity contribution in [2.75, 3.05) is 26.7 Å². The third-order valence-corrected chi connectivity index (χ3v) is 10.0. The van der Waals surface area contributed by atoms with Crippen LogP contribution in [0.3, 0.4) is 0 Å². The van der Waals surface area contributed by atoms with E-state index in [2.05, 4.69) is 74.4 Å². The number of nitrogens with zero attached hydrogens (tertiary/aromatic N) is 1. The molecular weight excluding hydrogens is 300 g/mol.